The van der Waals surface area contributed by atoms with Crippen molar-refractivity contribution in [3.63, 3.8) is 0 Å². The Morgan fingerprint density at radius 2 is 1.60 bits per heavy atom. The van der Waals surface area contributed by atoms with E-state index in [0.717, 1.165) is 47.8 Å². The molecule has 0 saturated carbocycles. The molecule has 1 aromatic heterocycles. The summed E-state index contributed by atoms with van der Waals surface area (Å²) < 4.78 is 13.6. The second-order valence-corrected chi connectivity index (χ2v) is 7.61. The van der Waals surface area contributed by atoms with E-state index in [2.05, 4.69) is 60.9 Å². The zero-order chi connectivity index (χ0) is 20.9. The molecule has 0 aliphatic heterocycles. The van der Waals surface area contributed by atoms with Gasteiger partial charge in [-0.15, -0.1) is 0 Å². The van der Waals surface area contributed by atoms with E-state index < -0.39 is 0 Å². The van der Waals surface area contributed by atoms with E-state index in [1.807, 2.05) is 24.3 Å². The fraction of sp³-hybridized carbons (Fsp3) is 0.269. The lowest BCUT2D eigenvalue weighted by Gasteiger charge is -2.11. The van der Waals surface area contributed by atoms with Gasteiger partial charge in [0.25, 0.3) is 0 Å². The van der Waals surface area contributed by atoms with Gasteiger partial charge in [0.05, 0.1) is 24.8 Å². The van der Waals surface area contributed by atoms with Crippen molar-refractivity contribution >= 4 is 11.0 Å². The summed E-state index contributed by atoms with van der Waals surface area (Å²) in [7, 11) is 1.68. The summed E-state index contributed by atoms with van der Waals surface area (Å²) in [4.78, 5) is 4.89. The van der Waals surface area contributed by atoms with Crippen molar-refractivity contribution in [2.75, 3.05) is 13.7 Å². The van der Waals surface area contributed by atoms with Crippen molar-refractivity contribution < 1.29 is 9.47 Å². The molecular weight excluding hydrogens is 372 g/mol. The molecule has 0 amide bonds. The number of fused-ring (bicyclic) bond motifs is 1. The van der Waals surface area contributed by atoms with Crippen LogP contribution in [0.5, 0.6) is 11.5 Å². The minimum atomic E-state index is 0.715. The van der Waals surface area contributed by atoms with Crippen molar-refractivity contribution in [1.82, 2.24) is 9.55 Å². The Kier molecular flexibility index (Phi) is 6.03. The van der Waals surface area contributed by atoms with Crippen LogP contribution in [-0.2, 0) is 6.54 Å². The lowest BCUT2D eigenvalue weighted by Crippen LogP contribution is -2.04. The number of methoxy groups -OCH3 is 1. The zero-order valence-corrected chi connectivity index (χ0v) is 17.9. The van der Waals surface area contributed by atoms with Crippen LogP contribution in [0.2, 0.25) is 0 Å². The van der Waals surface area contributed by atoms with Gasteiger partial charge in [0, 0.05) is 12.1 Å². The first-order valence-electron chi connectivity index (χ1n) is 10.5. The normalized spacial score (nSPS) is 11.0. The molecule has 0 spiro atoms. The molecule has 0 unspecified atom stereocenters. The van der Waals surface area contributed by atoms with Gasteiger partial charge in [-0.3, -0.25) is 0 Å². The van der Waals surface area contributed by atoms with E-state index in [1.54, 1.807) is 7.11 Å². The number of unbranched alkanes of at least 4 members (excludes halogenated alkanes) is 1. The monoisotopic (exact) mass is 400 g/mol. The fourth-order valence-corrected chi connectivity index (χ4v) is 3.63. The predicted molar refractivity (Wildman–Crippen MR) is 122 cm³/mol. The third-order valence-electron chi connectivity index (χ3n) is 5.53. The van der Waals surface area contributed by atoms with Crippen LogP contribution >= 0.6 is 0 Å². The number of hydrogen-bond acceptors (Lipinski definition) is 3. The number of aromatic nitrogens is 2. The third kappa shape index (κ3) is 4.33. The van der Waals surface area contributed by atoms with Gasteiger partial charge in [0.1, 0.15) is 17.3 Å². The molecule has 4 nitrogen and oxygen atoms in total. The topological polar surface area (TPSA) is 36.3 Å². The smallest absolute Gasteiger partial charge is 0.141 e. The first-order chi connectivity index (χ1) is 14.7. The maximum absolute atomic E-state index is 5.95. The van der Waals surface area contributed by atoms with Crippen LogP contribution in [0, 0.1) is 13.8 Å². The van der Waals surface area contributed by atoms with Crippen molar-refractivity contribution in [3.8, 4) is 22.9 Å². The van der Waals surface area contributed by atoms with Crippen LogP contribution in [0.15, 0.2) is 66.7 Å². The summed E-state index contributed by atoms with van der Waals surface area (Å²) in [6, 6.07) is 22.7. The first kappa shape index (κ1) is 20.0. The molecule has 4 heteroatoms. The number of imidazole rings is 1. The molecule has 1 heterocycles. The van der Waals surface area contributed by atoms with Crippen molar-refractivity contribution in [2.45, 2.75) is 33.2 Å². The van der Waals surface area contributed by atoms with Gasteiger partial charge in [-0.05, 0) is 86.3 Å². The minimum Gasteiger partial charge on any atom is -0.497 e. The van der Waals surface area contributed by atoms with Crippen molar-refractivity contribution in [2.24, 2.45) is 0 Å². The first-order valence-corrected chi connectivity index (χ1v) is 10.5. The highest BCUT2D eigenvalue weighted by molar-refractivity contribution is 5.80. The number of hydrogen-bond donors (Lipinski definition) is 0. The average Bonchev–Trinajstić information content (AvgIpc) is 3.14. The maximum atomic E-state index is 5.95. The molecule has 0 radical (unpaired) electrons. The Bertz CT molecular complexity index is 1130. The van der Waals surface area contributed by atoms with Gasteiger partial charge in [-0.1, -0.05) is 18.2 Å². The largest absolute Gasteiger partial charge is 0.497 e. The third-order valence-corrected chi connectivity index (χ3v) is 5.53. The Morgan fingerprint density at radius 3 is 2.37 bits per heavy atom. The van der Waals surface area contributed by atoms with Crippen molar-refractivity contribution in [1.29, 1.82) is 0 Å². The number of aryl methyl sites for hydroxylation is 3. The highest BCUT2D eigenvalue weighted by Gasteiger charge is 2.12. The highest BCUT2D eigenvalue weighted by Crippen LogP contribution is 2.27. The zero-order valence-electron chi connectivity index (χ0n) is 17.9. The molecule has 0 aliphatic rings. The lowest BCUT2D eigenvalue weighted by atomic mass is 10.1. The molecular formula is C26H28N2O2. The molecule has 0 aliphatic carbocycles. The number of benzene rings is 3. The molecule has 3 aromatic carbocycles. The van der Waals surface area contributed by atoms with E-state index in [0.29, 0.717) is 6.61 Å². The van der Waals surface area contributed by atoms with Crippen LogP contribution in [0.3, 0.4) is 0 Å². The quantitative estimate of drug-likeness (QED) is 0.331. The van der Waals surface area contributed by atoms with E-state index in [4.69, 9.17) is 14.5 Å². The van der Waals surface area contributed by atoms with Gasteiger partial charge >= 0.3 is 0 Å². The van der Waals surface area contributed by atoms with Gasteiger partial charge < -0.3 is 14.0 Å². The van der Waals surface area contributed by atoms with Crippen LogP contribution in [-0.4, -0.2) is 23.3 Å². The Balaban J connectivity index is 1.45. The Labute approximate surface area is 178 Å². The molecule has 0 N–H and O–H groups in total. The van der Waals surface area contributed by atoms with Crippen LogP contribution in [0.4, 0.5) is 0 Å². The molecule has 154 valence electrons. The number of ether oxygens (including phenoxy) is 2. The SMILES string of the molecule is COc1ccc(-c2nc3ccccc3n2CCCCOc2ccc(C)c(C)c2)cc1. The van der Waals surface area contributed by atoms with Crippen LogP contribution < -0.4 is 9.47 Å². The Hall–Kier alpha value is -3.27. The van der Waals surface area contributed by atoms with Gasteiger partial charge in [0.2, 0.25) is 0 Å². The van der Waals surface area contributed by atoms with Gasteiger partial charge in [-0.25, -0.2) is 4.98 Å². The standard InChI is InChI=1S/C26H28N2O2/c1-19-10-13-23(18-20(19)2)30-17-7-6-16-28-25-9-5-4-8-24(25)27-26(28)21-11-14-22(29-3)15-12-21/h4-5,8-15,18H,6-7,16-17H2,1-3H3. The molecule has 4 aromatic rings. The molecule has 0 fully saturated rings. The second kappa shape index (κ2) is 9.04. The molecule has 0 saturated heterocycles. The minimum absolute atomic E-state index is 0.715. The molecule has 30 heavy (non-hydrogen) atoms. The van der Waals surface area contributed by atoms with E-state index >= 15 is 0 Å². The average molecular weight is 401 g/mol. The van der Waals surface area contributed by atoms with Gasteiger partial charge in [-0.2, -0.15) is 0 Å². The summed E-state index contributed by atoms with van der Waals surface area (Å²) in [6.07, 6.45) is 2.01. The van der Waals surface area contributed by atoms with Crippen LogP contribution in [0.1, 0.15) is 24.0 Å². The fourth-order valence-electron chi connectivity index (χ4n) is 3.63. The highest BCUT2D eigenvalue weighted by atomic mass is 16.5. The summed E-state index contributed by atoms with van der Waals surface area (Å²) in [6.45, 7) is 5.85. The second-order valence-electron chi connectivity index (χ2n) is 7.61. The number of rotatable bonds is 8. The summed E-state index contributed by atoms with van der Waals surface area (Å²) in [5.74, 6) is 2.80. The molecule has 0 atom stereocenters. The summed E-state index contributed by atoms with van der Waals surface area (Å²) in [5, 5.41) is 0. The summed E-state index contributed by atoms with van der Waals surface area (Å²) in [5.41, 5.74) is 5.84. The summed E-state index contributed by atoms with van der Waals surface area (Å²) >= 11 is 0. The predicted octanol–water partition coefficient (Wildman–Crippen LogP) is 6.19. The number of para-hydroxylation sites is 2. The van der Waals surface area contributed by atoms with E-state index in [1.165, 1.54) is 16.6 Å². The van der Waals surface area contributed by atoms with Crippen LogP contribution in [0.25, 0.3) is 22.4 Å². The number of nitrogens with zero attached hydrogens (tertiary/aromatic N) is 2. The molecule has 0 bridgehead atoms. The van der Waals surface area contributed by atoms with Crippen molar-refractivity contribution in [3.05, 3.63) is 77.9 Å². The lowest BCUT2D eigenvalue weighted by molar-refractivity contribution is 0.303. The van der Waals surface area contributed by atoms with Gasteiger partial charge in [0.15, 0.2) is 0 Å². The van der Waals surface area contributed by atoms with E-state index in [9.17, 15) is 0 Å². The molecule has 4 rings (SSSR count). The Morgan fingerprint density at radius 1 is 0.833 bits per heavy atom. The van der Waals surface area contributed by atoms with E-state index in [-0.39, 0.29) is 0 Å². The maximum Gasteiger partial charge on any atom is 0.141 e.